The molecule has 5 heteroatoms. The van der Waals surface area contributed by atoms with E-state index in [0.29, 0.717) is 0 Å². The van der Waals surface area contributed by atoms with Gasteiger partial charge < -0.3 is 14.9 Å². The lowest BCUT2D eigenvalue weighted by atomic mass is 10.1. The van der Waals surface area contributed by atoms with E-state index in [1.165, 1.54) is 0 Å². The summed E-state index contributed by atoms with van der Waals surface area (Å²) in [6, 6.07) is 8.91. The average molecular weight is 224 g/mol. The van der Waals surface area contributed by atoms with E-state index >= 15 is 0 Å². The lowest BCUT2D eigenvalue weighted by molar-refractivity contribution is -0.156. The third kappa shape index (κ3) is 4.10. The molecule has 1 unspecified atom stereocenters. The molecule has 1 aromatic rings. The van der Waals surface area contributed by atoms with Crippen LogP contribution in [0, 0.1) is 0 Å². The Balaban J connectivity index is 2.58. The largest absolute Gasteiger partial charge is 0.480 e. The van der Waals surface area contributed by atoms with Crippen LogP contribution in [0.4, 0.5) is 0 Å². The molecule has 86 valence electrons. The number of hydrogen-bond donors (Lipinski definition) is 2. The molecule has 1 aromatic carbocycles. The number of carbonyl (C=O) groups is 2. The molecule has 0 aromatic heterocycles. The maximum Gasteiger partial charge on any atom is 0.333 e. The SMILES string of the molecule is O=C(O)COC(Cc1ccccc1)C(=O)O. The predicted molar refractivity (Wildman–Crippen MR) is 55.2 cm³/mol. The van der Waals surface area contributed by atoms with Crippen molar-refractivity contribution in [2.75, 3.05) is 6.61 Å². The molecule has 0 fully saturated rings. The first-order valence-electron chi connectivity index (χ1n) is 4.69. The highest BCUT2D eigenvalue weighted by molar-refractivity contribution is 5.74. The van der Waals surface area contributed by atoms with Gasteiger partial charge in [0.1, 0.15) is 6.61 Å². The second-order valence-electron chi connectivity index (χ2n) is 3.22. The van der Waals surface area contributed by atoms with E-state index in [1.54, 1.807) is 24.3 Å². The molecule has 5 nitrogen and oxygen atoms in total. The summed E-state index contributed by atoms with van der Waals surface area (Å²) in [4.78, 5) is 21.1. The van der Waals surface area contributed by atoms with Crippen molar-refractivity contribution in [1.29, 1.82) is 0 Å². The van der Waals surface area contributed by atoms with Gasteiger partial charge in [0.05, 0.1) is 0 Å². The van der Waals surface area contributed by atoms with Crippen molar-refractivity contribution in [2.24, 2.45) is 0 Å². The van der Waals surface area contributed by atoms with Crippen molar-refractivity contribution in [1.82, 2.24) is 0 Å². The van der Waals surface area contributed by atoms with Gasteiger partial charge in [-0.3, -0.25) is 0 Å². The van der Waals surface area contributed by atoms with Gasteiger partial charge in [-0.15, -0.1) is 0 Å². The van der Waals surface area contributed by atoms with Crippen molar-refractivity contribution >= 4 is 11.9 Å². The molecular weight excluding hydrogens is 212 g/mol. The van der Waals surface area contributed by atoms with Gasteiger partial charge in [-0.05, 0) is 5.56 Å². The third-order valence-electron chi connectivity index (χ3n) is 1.95. The van der Waals surface area contributed by atoms with Gasteiger partial charge in [-0.1, -0.05) is 30.3 Å². The second kappa shape index (κ2) is 5.87. The zero-order chi connectivity index (χ0) is 12.0. The summed E-state index contributed by atoms with van der Waals surface area (Å²) in [5.74, 6) is -2.34. The highest BCUT2D eigenvalue weighted by atomic mass is 16.5. The number of benzene rings is 1. The van der Waals surface area contributed by atoms with E-state index in [0.717, 1.165) is 5.56 Å². The van der Waals surface area contributed by atoms with Gasteiger partial charge >= 0.3 is 11.9 Å². The molecule has 1 rings (SSSR count). The summed E-state index contributed by atoms with van der Waals surface area (Å²) >= 11 is 0. The van der Waals surface area contributed by atoms with Crippen LogP contribution in [-0.2, 0) is 20.7 Å². The number of aliphatic carboxylic acids is 2. The Labute approximate surface area is 92.3 Å². The molecule has 0 bridgehead atoms. The molecule has 0 radical (unpaired) electrons. The Morgan fingerprint density at radius 3 is 2.31 bits per heavy atom. The standard InChI is InChI=1S/C11H12O5/c12-10(13)7-16-9(11(14)15)6-8-4-2-1-3-5-8/h1-5,9H,6-7H2,(H,12,13)(H,14,15). The average Bonchev–Trinajstić information content (AvgIpc) is 2.25. The zero-order valence-electron chi connectivity index (χ0n) is 8.50. The fraction of sp³-hybridized carbons (Fsp3) is 0.273. The molecule has 0 amide bonds. The summed E-state index contributed by atoms with van der Waals surface area (Å²) in [6.07, 6.45) is -0.970. The van der Waals surface area contributed by atoms with Crippen LogP contribution in [0.2, 0.25) is 0 Å². The normalized spacial score (nSPS) is 12.0. The van der Waals surface area contributed by atoms with Gasteiger partial charge in [0.15, 0.2) is 6.10 Å². The minimum Gasteiger partial charge on any atom is -0.480 e. The zero-order valence-corrected chi connectivity index (χ0v) is 8.50. The van der Waals surface area contributed by atoms with Crippen molar-refractivity contribution < 1.29 is 24.5 Å². The molecule has 0 aliphatic carbocycles. The Bertz CT molecular complexity index is 360. The third-order valence-corrected chi connectivity index (χ3v) is 1.95. The van der Waals surface area contributed by atoms with E-state index in [1.807, 2.05) is 6.07 Å². The monoisotopic (exact) mass is 224 g/mol. The van der Waals surface area contributed by atoms with Crippen molar-refractivity contribution in [3.63, 3.8) is 0 Å². The summed E-state index contributed by atoms with van der Waals surface area (Å²) < 4.78 is 4.77. The molecule has 1 atom stereocenters. The summed E-state index contributed by atoms with van der Waals surface area (Å²) in [7, 11) is 0. The van der Waals surface area contributed by atoms with Crippen LogP contribution in [0.15, 0.2) is 30.3 Å². The highest BCUT2D eigenvalue weighted by Gasteiger charge is 2.19. The van der Waals surface area contributed by atoms with Gasteiger partial charge in [0.2, 0.25) is 0 Å². The van der Waals surface area contributed by atoms with Crippen LogP contribution in [-0.4, -0.2) is 34.9 Å². The fourth-order valence-electron chi connectivity index (χ4n) is 1.22. The molecule has 2 N–H and O–H groups in total. The van der Waals surface area contributed by atoms with Crippen molar-refractivity contribution in [3.8, 4) is 0 Å². The maximum absolute atomic E-state index is 10.8. The Morgan fingerprint density at radius 2 is 1.81 bits per heavy atom. The van der Waals surface area contributed by atoms with Crippen LogP contribution in [0.3, 0.4) is 0 Å². The fourth-order valence-corrected chi connectivity index (χ4v) is 1.22. The topological polar surface area (TPSA) is 83.8 Å². The second-order valence-corrected chi connectivity index (χ2v) is 3.22. The lowest BCUT2D eigenvalue weighted by Crippen LogP contribution is -2.28. The van der Waals surface area contributed by atoms with Crippen LogP contribution >= 0.6 is 0 Å². The lowest BCUT2D eigenvalue weighted by Gasteiger charge is -2.11. The first-order chi connectivity index (χ1) is 7.59. The van der Waals surface area contributed by atoms with Gasteiger partial charge in [-0.2, -0.15) is 0 Å². The molecule has 0 spiro atoms. The van der Waals surface area contributed by atoms with Crippen LogP contribution < -0.4 is 0 Å². The number of hydrogen-bond acceptors (Lipinski definition) is 3. The Hall–Kier alpha value is -1.88. The quantitative estimate of drug-likeness (QED) is 0.746. The molecule has 0 saturated carbocycles. The van der Waals surface area contributed by atoms with E-state index in [2.05, 4.69) is 0 Å². The number of ether oxygens (including phenoxy) is 1. The highest BCUT2D eigenvalue weighted by Crippen LogP contribution is 2.06. The number of carboxylic acid groups (broad SMARTS) is 2. The molecule has 16 heavy (non-hydrogen) atoms. The van der Waals surface area contributed by atoms with E-state index < -0.39 is 24.6 Å². The van der Waals surface area contributed by atoms with E-state index in [4.69, 9.17) is 14.9 Å². The van der Waals surface area contributed by atoms with Crippen molar-refractivity contribution in [2.45, 2.75) is 12.5 Å². The molecule has 0 aliphatic heterocycles. The minimum absolute atomic E-state index is 0.156. The number of carboxylic acids is 2. The van der Waals surface area contributed by atoms with E-state index in [9.17, 15) is 9.59 Å². The van der Waals surface area contributed by atoms with Gasteiger partial charge in [0.25, 0.3) is 0 Å². The van der Waals surface area contributed by atoms with E-state index in [-0.39, 0.29) is 6.42 Å². The number of rotatable bonds is 6. The van der Waals surface area contributed by atoms with Gasteiger partial charge in [0, 0.05) is 6.42 Å². The van der Waals surface area contributed by atoms with Crippen LogP contribution in [0.25, 0.3) is 0 Å². The molecular formula is C11H12O5. The molecule has 0 heterocycles. The van der Waals surface area contributed by atoms with Crippen LogP contribution in [0.1, 0.15) is 5.56 Å². The summed E-state index contributed by atoms with van der Waals surface area (Å²) in [5.41, 5.74) is 0.792. The summed E-state index contributed by atoms with van der Waals surface area (Å²) in [6.45, 7) is -0.607. The smallest absolute Gasteiger partial charge is 0.333 e. The molecule has 0 saturated heterocycles. The van der Waals surface area contributed by atoms with Crippen molar-refractivity contribution in [3.05, 3.63) is 35.9 Å². The van der Waals surface area contributed by atoms with Gasteiger partial charge in [-0.25, -0.2) is 9.59 Å². The predicted octanol–water partition coefficient (Wildman–Crippen LogP) is 0.784. The first kappa shape index (κ1) is 12.2. The van der Waals surface area contributed by atoms with Crippen LogP contribution in [0.5, 0.6) is 0 Å². The summed E-state index contributed by atoms with van der Waals surface area (Å²) in [5, 5.41) is 17.2. The molecule has 0 aliphatic rings. The minimum atomic E-state index is -1.18. The first-order valence-corrected chi connectivity index (χ1v) is 4.69. The Morgan fingerprint density at radius 1 is 1.19 bits per heavy atom. The Kier molecular flexibility index (Phi) is 4.47. The maximum atomic E-state index is 10.8.